The van der Waals surface area contributed by atoms with E-state index >= 15 is 0 Å². The Morgan fingerprint density at radius 2 is 2.03 bits per heavy atom. The lowest BCUT2D eigenvalue weighted by Gasteiger charge is -2.27. The number of piperidine rings is 1. The predicted molar refractivity (Wildman–Crippen MR) is 109 cm³/mol. The van der Waals surface area contributed by atoms with Crippen LogP contribution in [0.15, 0.2) is 29.9 Å². The van der Waals surface area contributed by atoms with Crippen molar-refractivity contribution in [3.8, 4) is 0 Å². The molecule has 1 aliphatic heterocycles. The van der Waals surface area contributed by atoms with E-state index in [1.54, 1.807) is 37.2 Å². The van der Waals surface area contributed by atoms with Crippen molar-refractivity contribution in [3.63, 3.8) is 0 Å². The zero-order valence-electron chi connectivity index (χ0n) is 17.6. The Hall–Kier alpha value is -3.30. The summed E-state index contributed by atoms with van der Waals surface area (Å²) in [6.07, 6.45) is 3.06. The molecule has 1 aliphatic carbocycles. The molecular formula is C21H24FN5O4. The van der Waals surface area contributed by atoms with E-state index in [1.165, 1.54) is 11.6 Å². The number of rotatable bonds is 6. The van der Waals surface area contributed by atoms with Gasteiger partial charge in [-0.2, -0.15) is 5.10 Å². The van der Waals surface area contributed by atoms with Crippen molar-refractivity contribution in [1.29, 1.82) is 0 Å². The predicted octanol–water partition coefficient (Wildman–Crippen LogP) is 2.57. The van der Waals surface area contributed by atoms with Gasteiger partial charge in [0.15, 0.2) is 12.0 Å². The molecule has 4 rings (SSSR count). The lowest BCUT2D eigenvalue weighted by atomic mass is 10.2. The third-order valence-corrected chi connectivity index (χ3v) is 5.69. The smallest absolute Gasteiger partial charge is 0.409 e. The van der Waals surface area contributed by atoms with Gasteiger partial charge in [0.05, 0.1) is 18.3 Å². The topological polar surface area (TPSA) is 106 Å². The Morgan fingerprint density at radius 1 is 1.26 bits per heavy atom. The molecule has 2 aromatic rings. The molecule has 1 N–H and O–H groups in total. The van der Waals surface area contributed by atoms with Crippen LogP contribution in [0.1, 0.15) is 44.1 Å². The number of carbonyl (C=O) groups excluding carboxylic acids is 3. The number of hydrogen-bond acceptors (Lipinski definition) is 6. The van der Waals surface area contributed by atoms with Gasteiger partial charge in [-0.15, -0.1) is 0 Å². The van der Waals surface area contributed by atoms with E-state index in [4.69, 9.17) is 4.74 Å². The number of likely N-dealkylation sites (tertiary alicyclic amines) is 1. The Labute approximate surface area is 178 Å². The van der Waals surface area contributed by atoms with Crippen LogP contribution in [0.4, 0.5) is 9.18 Å². The van der Waals surface area contributed by atoms with E-state index in [2.05, 4.69) is 15.4 Å². The largest absolute Gasteiger partial charge is 0.425 e. The number of allylic oxidation sites excluding steroid dienone is 1. The number of ether oxygens (including phenoxy) is 1. The normalized spacial score (nSPS) is 21.5. The molecule has 0 unspecified atom stereocenters. The van der Waals surface area contributed by atoms with Crippen molar-refractivity contribution in [2.24, 2.45) is 5.92 Å². The van der Waals surface area contributed by atoms with Gasteiger partial charge in [-0.3, -0.25) is 19.3 Å². The molecule has 0 bridgehead atoms. The second-order valence-corrected chi connectivity index (χ2v) is 8.17. The molecule has 2 aliphatic rings. The first kappa shape index (κ1) is 21.0. The van der Waals surface area contributed by atoms with Gasteiger partial charge in [-0.25, -0.2) is 9.18 Å². The third kappa shape index (κ3) is 4.14. The molecule has 9 nitrogen and oxygen atoms in total. The van der Waals surface area contributed by atoms with E-state index in [1.807, 2.05) is 0 Å². The summed E-state index contributed by atoms with van der Waals surface area (Å²) in [5.74, 6) is -0.603. The summed E-state index contributed by atoms with van der Waals surface area (Å²) in [5.41, 5.74) is 1.34. The van der Waals surface area contributed by atoms with E-state index in [-0.39, 0.29) is 36.5 Å². The summed E-state index contributed by atoms with van der Waals surface area (Å²) in [6.45, 7) is 4.28. The molecule has 3 heterocycles. The van der Waals surface area contributed by atoms with Crippen molar-refractivity contribution in [2.45, 2.75) is 52.4 Å². The van der Waals surface area contributed by atoms with Gasteiger partial charge in [0.1, 0.15) is 18.1 Å². The minimum Gasteiger partial charge on any atom is -0.425 e. The van der Waals surface area contributed by atoms with Crippen molar-refractivity contribution >= 4 is 28.7 Å². The van der Waals surface area contributed by atoms with Gasteiger partial charge >= 0.3 is 6.09 Å². The fraction of sp³-hybridized carbons (Fsp3) is 0.476. The number of nitrogens with one attached hydrogen (secondary N) is 1. The minimum absolute atomic E-state index is 0.0204. The summed E-state index contributed by atoms with van der Waals surface area (Å²) < 4.78 is 20.5. The number of hydrogen-bond donors (Lipinski definition) is 1. The van der Waals surface area contributed by atoms with E-state index in [0.29, 0.717) is 28.8 Å². The van der Waals surface area contributed by atoms with Crippen LogP contribution in [0.3, 0.4) is 0 Å². The molecule has 1 saturated carbocycles. The Kier molecular flexibility index (Phi) is 5.47. The van der Waals surface area contributed by atoms with Crippen molar-refractivity contribution in [2.75, 3.05) is 6.54 Å². The van der Waals surface area contributed by atoms with Gasteiger partial charge in [0.2, 0.25) is 5.91 Å². The highest BCUT2D eigenvalue weighted by Crippen LogP contribution is 2.48. The van der Waals surface area contributed by atoms with Crippen LogP contribution in [-0.4, -0.2) is 56.3 Å². The van der Waals surface area contributed by atoms with Crippen LogP contribution in [0, 0.1) is 5.92 Å². The van der Waals surface area contributed by atoms with Crippen LogP contribution in [0.5, 0.6) is 0 Å². The fourth-order valence-electron chi connectivity index (χ4n) is 3.96. The number of alkyl carbamates (subject to hydrolysis) is 1. The molecule has 3 atom stereocenters. The number of Topliss-reactive ketones (excluding diaryl/α,β-unsaturated/α-hetero) is 1. The van der Waals surface area contributed by atoms with Gasteiger partial charge in [0.25, 0.3) is 0 Å². The molecule has 0 spiro atoms. The lowest BCUT2D eigenvalue weighted by Crippen LogP contribution is -2.44. The second kappa shape index (κ2) is 8.09. The number of fused-ring (bicyclic) bond motifs is 2. The summed E-state index contributed by atoms with van der Waals surface area (Å²) in [5, 5.41) is 7.31. The van der Waals surface area contributed by atoms with Crippen LogP contribution >= 0.6 is 0 Å². The zero-order chi connectivity index (χ0) is 22.3. The minimum atomic E-state index is -0.770. The fourth-order valence-corrected chi connectivity index (χ4v) is 3.96. The summed E-state index contributed by atoms with van der Waals surface area (Å²) in [6, 6.07) is 1.71. The van der Waals surface area contributed by atoms with Crippen LogP contribution in [0.2, 0.25) is 0 Å². The number of pyridine rings is 1. The zero-order valence-corrected chi connectivity index (χ0v) is 17.6. The maximum atomic E-state index is 13.6. The number of aromatic nitrogens is 3. The number of carbonyl (C=O) groups is 3. The molecular weight excluding hydrogens is 405 g/mol. The highest BCUT2D eigenvalue weighted by molar-refractivity contribution is 6.04. The van der Waals surface area contributed by atoms with Crippen LogP contribution in [0.25, 0.3) is 10.9 Å². The highest BCUT2D eigenvalue weighted by Gasteiger charge is 2.55. The summed E-state index contributed by atoms with van der Waals surface area (Å²) in [4.78, 5) is 42.8. The van der Waals surface area contributed by atoms with Crippen LogP contribution < -0.4 is 5.32 Å². The number of amides is 2. The highest BCUT2D eigenvalue weighted by atomic mass is 19.1. The molecule has 164 valence electrons. The molecule has 0 aromatic carbocycles. The Morgan fingerprint density at radius 3 is 2.74 bits per heavy atom. The number of ketones is 1. The van der Waals surface area contributed by atoms with Gasteiger partial charge in [-0.05, 0) is 37.8 Å². The Bertz CT molecular complexity index is 1090. The first-order valence-electron chi connectivity index (χ1n) is 10.1. The van der Waals surface area contributed by atoms with Gasteiger partial charge in [-0.1, -0.05) is 0 Å². The first-order chi connectivity index (χ1) is 14.8. The van der Waals surface area contributed by atoms with Crippen molar-refractivity contribution < 1.29 is 23.5 Å². The standard InChI is InChI=1S/C21H24FN5O4/c1-11(2)15(22)8-24-21(30)31-19-7-13-6-16(13)27(19)18(29)10-26-17-9-23-5-4-14(17)20(25-26)12(3)28/h4-5,9,13,16,19H,6-8,10H2,1-3H3,(H,24,30)/t13-,16-,19+/m1/s1. The van der Waals surface area contributed by atoms with E-state index < -0.39 is 18.1 Å². The quantitative estimate of drug-likeness (QED) is 0.708. The third-order valence-electron chi connectivity index (χ3n) is 5.69. The molecule has 0 radical (unpaired) electrons. The van der Waals surface area contributed by atoms with Gasteiger partial charge in [0, 0.05) is 31.0 Å². The lowest BCUT2D eigenvalue weighted by molar-refractivity contribution is -0.140. The first-order valence-corrected chi connectivity index (χ1v) is 10.1. The maximum absolute atomic E-state index is 13.6. The van der Waals surface area contributed by atoms with Crippen molar-refractivity contribution in [3.05, 3.63) is 35.6 Å². The average Bonchev–Trinajstić information content (AvgIpc) is 3.23. The number of nitrogens with zero attached hydrogens (tertiary/aromatic N) is 4. The number of halogens is 1. The summed E-state index contributed by atoms with van der Waals surface area (Å²) >= 11 is 0. The Balaban J connectivity index is 1.47. The monoisotopic (exact) mass is 429 g/mol. The molecule has 31 heavy (non-hydrogen) atoms. The van der Waals surface area contributed by atoms with Gasteiger partial charge < -0.3 is 15.0 Å². The molecule has 2 amide bonds. The van der Waals surface area contributed by atoms with E-state index in [9.17, 15) is 18.8 Å². The van der Waals surface area contributed by atoms with Crippen molar-refractivity contribution in [1.82, 2.24) is 25.0 Å². The van der Waals surface area contributed by atoms with E-state index in [0.717, 1.165) is 6.42 Å². The SMILES string of the molecule is CC(=O)c1nn(CC(=O)N2[C@@H](OC(=O)NCC(F)=C(C)C)C[C@H]3C[C@H]32)c2cnccc12. The molecule has 10 heteroatoms. The second-order valence-electron chi connectivity index (χ2n) is 8.17. The van der Waals surface area contributed by atoms with Crippen LogP contribution in [-0.2, 0) is 16.1 Å². The maximum Gasteiger partial charge on any atom is 0.409 e. The molecule has 2 aromatic heterocycles. The molecule has 1 saturated heterocycles. The molecule has 2 fully saturated rings. The summed E-state index contributed by atoms with van der Waals surface area (Å²) in [7, 11) is 0. The average molecular weight is 429 g/mol.